The molecule has 2 fully saturated rings. The maximum absolute atomic E-state index is 6.07. The van der Waals surface area contributed by atoms with Crippen LogP contribution in [0.1, 0.15) is 36.6 Å². The molecule has 0 radical (unpaired) electrons. The van der Waals surface area contributed by atoms with Gasteiger partial charge in [0, 0.05) is 24.0 Å². The van der Waals surface area contributed by atoms with Gasteiger partial charge in [-0.05, 0) is 25.0 Å². The molecular weight excluding hydrogens is 280 g/mol. The Kier molecular flexibility index (Phi) is 4.44. The minimum absolute atomic E-state index is 0.298. The van der Waals surface area contributed by atoms with E-state index in [1.54, 1.807) is 11.3 Å². The van der Waals surface area contributed by atoms with E-state index in [1.165, 1.54) is 30.6 Å². The molecule has 1 aliphatic carbocycles. The molecule has 0 aromatic carbocycles. The molecule has 2 N–H and O–H groups in total. The third-order valence-electron chi connectivity index (χ3n) is 4.32. The number of ether oxygens (including phenoxy) is 1. The van der Waals surface area contributed by atoms with Crippen molar-refractivity contribution in [1.29, 1.82) is 0 Å². The van der Waals surface area contributed by atoms with Crippen molar-refractivity contribution in [1.82, 2.24) is 4.90 Å². The Morgan fingerprint density at radius 2 is 2.26 bits per heavy atom. The van der Waals surface area contributed by atoms with Crippen molar-refractivity contribution in [3.8, 4) is 0 Å². The van der Waals surface area contributed by atoms with E-state index >= 15 is 0 Å². The summed E-state index contributed by atoms with van der Waals surface area (Å²) in [5, 5.41) is 0. The zero-order valence-corrected chi connectivity index (χ0v) is 12.6. The Bertz CT molecular complexity index is 423. The molecule has 0 spiro atoms. The highest BCUT2D eigenvalue weighted by Gasteiger charge is 2.37. The van der Waals surface area contributed by atoms with Gasteiger partial charge < -0.3 is 10.5 Å². The molecule has 3 rings (SSSR count). The standard InChI is InChI=1S/C14H21ClN2OS/c15-14-6-5-13(19-14)11(9-16)17-7-8-18-12-4-2-1-3-10(12)17/h5-6,10-12H,1-4,7-9,16H2. The SMILES string of the molecule is NCC(c1ccc(Cl)s1)N1CCOC2CCCCC21. The van der Waals surface area contributed by atoms with E-state index in [2.05, 4.69) is 11.0 Å². The molecule has 1 aromatic rings. The van der Waals surface area contributed by atoms with Crippen molar-refractivity contribution < 1.29 is 4.74 Å². The van der Waals surface area contributed by atoms with E-state index in [4.69, 9.17) is 22.1 Å². The first-order chi connectivity index (χ1) is 9.29. The molecular formula is C14H21ClN2OS. The Hall–Kier alpha value is -0.130. The number of nitrogens with zero attached hydrogens (tertiary/aromatic N) is 1. The largest absolute Gasteiger partial charge is 0.375 e. The van der Waals surface area contributed by atoms with Crippen LogP contribution in [-0.2, 0) is 4.74 Å². The van der Waals surface area contributed by atoms with Crippen LogP contribution < -0.4 is 5.73 Å². The Balaban J connectivity index is 1.81. The highest BCUT2D eigenvalue weighted by atomic mass is 35.5. The molecule has 1 saturated carbocycles. The monoisotopic (exact) mass is 300 g/mol. The topological polar surface area (TPSA) is 38.5 Å². The highest BCUT2D eigenvalue weighted by molar-refractivity contribution is 7.16. The van der Waals surface area contributed by atoms with Crippen molar-refractivity contribution in [3.05, 3.63) is 21.3 Å². The second-order valence-electron chi connectivity index (χ2n) is 5.39. The predicted molar refractivity (Wildman–Crippen MR) is 79.8 cm³/mol. The van der Waals surface area contributed by atoms with E-state index in [0.717, 1.165) is 17.5 Å². The lowest BCUT2D eigenvalue weighted by Crippen LogP contribution is -2.54. The summed E-state index contributed by atoms with van der Waals surface area (Å²) >= 11 is 7.73. The van der Waals surface area contributed by atoms with Crippen LogP contribution >= 0.6 is 22.9 Å². The van der Waals surface area contributed by atoms with Gasteiger partial charge in [-0.3, -0.25) is 4.90 Å². The highest BCUT2D eigenvalue weighted by Crippen LogP contribution is 2.36. The first kappa shape index (κ1) is 13.8. The number of thiophene rings is 1. The lowest BCUT2D eigenvalue weighted by molar-refractivity contribution is -0.102. The maximum Gasteiger partial charge on any atom is 0.0931 e. The van der Waals surface area contributed by atoms with Crippen molar-refractivity contribution in [2.45, 2.75) is 43.9 Å². The van der Waals surface area contributed by atoms with Crippen molar-refractivity contribution >= 4 is 22.9 Å². The van der Waals surface area contributed by atoms with Gasteiger partial charge >= 0.3 is 0 Å². The van der Waals surface area contributed by atoms with Crippen molar-refractivity contribution in [2.75, 3.05) is 19.7 Å². The number of fused-ring (bicyclic) bond motifs is 1. The zero-order chi connectivity index (χ0) is 13.2. The number of rotatable bonds is 3. The Morgan fingerprint density at radius 1 is 1.42 bits per heavy atom. The lowest BCUT2D eigenvalue weighted by atomic mass is 9.89. The Morgan fingerprint density at radius 3 is 3.00 bits per heavy atom. The fraction of sp³-hybridized carbons (Fsp3) is 0.714. The molecule has 1 saturated heterocycles. The summed E-state index contributed by atoms with van der Waals surface area (Å²) in [5.41, 5.74) is 6.05. The van der Waals surface area contributed by atoms with Gasteiger partial charge in [0.2, 0.25) is 0 Å². The van der Waals surface area contributed by atoms with Gasteiger partial charge in [-0.2, -0.15) is 0 Å². The van der Waals surface area contributed by atoms with E-state index in [9.17, 15) is 0 Å². The van der Waals surface area contributed by atoms with Crippen LogP contribution in [0.15, 0.2) is 12.1 Å². The Labute approximate surface area is 123 Å². The molecule has 1 aliphatic heterocycles. The molecule has 1 aromatic heterocycles. The van der Waals surface area contributed by atoms with E-state index in [0.29, 0.717) is 24.7 Å². The van der Waals surface area contributed by atoms with Crippen LogP contribution in [0.4, 0.5) is 0 Å². The van der Waals surface area contributed by atoms with E-state index in [-0.39, 0.29) is 0 Å². The minimum Gasteiger partial charge on any atom is -0.375 e. The van der Waals surface area contributed by atoms with Gasteiger partial charge in [-0.1, -0.05) is 24.4 Å². The van der Waals surface area contributed by atoms with Gasteiger partial charge in [0.1, 0.15) is 0 Å². The number of halogens is 1. The van der Waals surface area contributed by atoms with Crippen LogP contribution in [0.25, 0.3) is 0 Å². The smallest absolute Gasteiger partial charge is 0.0931 e. The second kappa shape index (κ2) is 6.10. The summed E-state index contributed by atoms with van der Waals surface area (Å²) in [6, 6.07) is 4.94. The van der Waals surface area contributed by atoms with Crippen LogP contribution in [0.5, 0.6) is 0 Å². The lowest BCUT2D eigenvalue weighted by Gasteiger charge is -2.46. The first-order valence-corrected chi connectivity index (χ1v) is 8.31. The molecule has 3 nitrogen and oxygen atoms in total. The molecule has 0 bridgehead atoms. The van der Waals surface area contributed by atoms with Crippen LogP contribution in [0.2, 0.25) is 4.34 Å². The summed E-state index contributed by atoms with van der Waals surface area (Å²) in [5.74, 6) is 0. The third kappa shape index (κ3) is 2.83. The molecule has 3 atom stereocenters. The predicted octanol–water partition coefficient (Wildman–Crippen LogP) is 3.04. The minimum atomic E-state index is 0.298. The fourth-order valence-electron chi connectivity index (χ4n) is 3.44. The molecule has 3 unspecified atom stereocenters. The molecule has 2 aliphatic rings. The number of hydrogen-bond donors (Lipinski definition) is 1. The van der Waals surface area contributed by atoms with Crippen LogP contribution in [0, 0.1) is 0 Å². The van der Waals surface area contributed by atoms with Crippen molar-refractivity contribution in [2.24, 2.45) is 5.73 Å². The second-order valence-corrected chi connectivity index (χ2v) is 7.14. The average molecular weight is 301 g/mol. The van der Waals surface area contributed by atoms with Gasteiger partial charge in [-0.15, -0.1) is 11.3 Å². The fourth-order valence-corrected chi connectivity index (χ4v) is 4.63. The van der Waals surface area contributed by atoms with E-state index in [1.807, 2.05) is 6.07 Å². The summed E-state index contributed by atoms with van der Waals surface area (Å²) in [6.45, 7) is 2.47. The number of hydrogen-bond acceptors (Lipinski definition) is 4. The van der Waals surface area contributed by atoms with Gasteiger partial charge in [-0.25, -0.2) is 0 Å². The van der Waals surface area contributed by atoms with Gasteiger partial charge in [0.15, 0.2) is 0 Å². The molecule has 0 amide bonds. The number of morpholine rings is 1. The maximum atomic E-state index is 6.07. The van der Waals surface area contributed by atoms with Crippen LogP contribution in [-0.4, -0.2) is 36.7 Å². The normalized spacial score (nSPS) is 30.0. The summed E-state index contributed by atoms with van der Waals surface area (Å²) in [4.78, 5) is 3.86. The first-order valence-electron chi connectivity index (χ1n) is 7.12. The average Bonchev–Trinajstić information content (AvgIpc) is 2.86. The zero-order valence-electron chi connectivity index (χ0n) is 11.1. The quantitative estimate of drug-likeness (QED) is 0.932. The summed E-state index contributed by atoms with van der Waals surface area (Å²) < 4.78 is 6.79. The third-order valence-corrected chi connectivity index (χ3v) is 5.65. The molecule has 106 valence electrons. The van der Waals surface area contributed by atoms with Gasteiger partial charge in [0.05, 0.1) is 23.1 Å². The summed E-state index contributed by atoms with van der Waals surface area (Å²) in [7, 11) is 0. The van der Waals surface area contributed by atoms with Gasteiger partial charge in [0.25, 0.3) is 0 Å². The molecule has 2 heterocycles. The van der Waals surface area contributed by atoms with E-state index < -0.39 is 0 Å². The van der Waals surface area contributed by atoms with Crippen LogP contribution in [0.3, 0.4) is 0 Å². The number of nitrogens with two attached hydrogens (primary N) is 1. The molecule has 19 heavy (non-hydrogen) atoms. The summed E-state index contributed by atoms with van der Waals surface area (Å²) in [6.07, 6.45) is 5.45. The molecule has 5 heteroatoms. The van der Waals surface area contributed by atoms with Crippen molar-refractivity contribution in [3.63, 3.8) is 0 Å².